The van der Waals surface area contributed by atoms with Crippen LogP contribution in [-0.2, 0) is 16.6 Å². The summed E-state index contributed by atoms with van der Waals surface area (Å²) in [5.41, 5.74) is 2.35. The smallest absolute Gasteiger partial charge is 0.255 e. The third-order valence-electron chi connectivity index (χ3n) is 5.30. The summed E-state index contributed by atoms with van der Waals surface area (Å²) in [6.07, 6.45) is 1.13. The van der Waals surface area contributed by atoms with E-state index in [9.17, 15) is 13.2 Å². The average molecular weight is 461 g/mol. The number of nitrogens with zero attached hydrogens (tertiary/aromatic N) is 1. The third-order valence-corrected chi connectivity index (χ3v) is 6.49. The van der Waals surface area contributed by atoms with E-state index in [4.69, 9.17) is 4.74 Å². The quantitative estimate of drug-likeness (QED) is 0.418. The second kappa shape index (κ2) is 9.34. The number of anilines is 2. The summed E-state index contributed by atoms with van der Waals surface area (Å²) < 4.78 is 31.3. The van der Waals surface area contributed by atoms with Crippen molar-refractivity contribution in [2.75, 3.05) is 22.9 Å². The lowest BCUT2D eigenvalue weighted by Crippen LogP contribution is -2.25. The Hall–Kier alpha value is -3.84. The fraction of sp³-hybridized carbons (Fsp3) is 0.115. The van der Waals surface area contributed by atoms with Crippen molar-refractivity contribution < 1.29 is 17.9 Å². The minimum atomic E-state index is -3.50. The Kier molecular flexibility index (Phi) is 6.33. The lowest BCUT2D eigenvalue weighted by Gasteiger charge is -2.21. The van der Waals surface area contributed by atoms with Crippen molar-refractivity contribution in [1.82, 2.24) is 0 Å². The molecule has 0 aliphatic carbocycles. The molecule has 0 saturated heterocycles. The molecule has 1 amide bonds. The molecule has 0 bridgehead atoms. The first kappa shape index (κ1) is 22.4. The van der Waals surface area contributed by atoms with Crippen LogP contribution in [0.15, 0.2) is 91.0 Å². The van der Waals surface area contributed by atoms with Crippen molar-refractivity contribution in [1.29, 1.82) is 0 Å². The molecule has 0 atom stereocenters. The zero-order valence-corrected chi connectivity index (χ0v) is 19.2. The summed E-state index contributed by atoms with van der Waals surface area (Å²) in [5.74, 6) is 0.0852. The van der Waals surface area contributed by atoms with Crippen LogP contribution in [-0.4, -0.2) is 27.6 Å². The van der Waals surface area contributed by atoms with Gasteiger partial charge in [-0.2, -0.15) is 0 Å². The van der Waals surface area contributed by atoms with Gasteiger partial charge < -0.3 is 10.1 Å². The molecule has 4 aromatic rings. The molecule has 0 unspecified atom stereocenters. The number of amides is 1. The molecule has 4 rings (SSSR count). The summed E-state index contributed by atoms with van der Waals surface area (Å²) in [6, 6.07) is 27.8. The number of hydrogen-bond acceptors (Lipinski definition) is 4. The number of sulfonamides is 1. The largest absolute Gasteiger partial charge is 0.487 e. The summed E-state index contributed by atoms with van der Waals surface area (Å²) >= 11 is 0. The monoisotopic (exact) mass is 460 g/mol. The number of carbonyl (C=O) groups excluding carboxylic acids is 1. The normalized spacial score (nSPS) is 11.2. The predicted octanol–water partition coefficient (Wildman–Crippen LogP) is 5.07. The fourth-order valence-electron chi connectivity index (χ4n) is 3.42. The molecule has 4 aromatic carbocycles. The second-order valence-corrected chi connectivity index (χ2v) is 9.72. The average Bonchev–Trinajstić information content (AvgIpc) is 2.82. The molecule has 0 fully saturated rings. The van der Waals surface area contributed by atoms with Crippen molar-refractivity contribution in [2.45, 2.75) is 6.61 Å². The molecule has 0 aliphatic heterocycles. The molecule has 0 aliphatic rings. The SMILES string of the molecule is CN(c1ccc(NC(=O)c2ccc3ccccc3c2)cc1OCc1ccccc1)S(C)(=O)=O. The first-order valence-corrected chi connectivity index (χ1v) is 12.2. The molecule has 0 aromatic heterocycles. The summed E-state index contributed by atoms with van der Waals surface area (Å²) in [6.45, 7) is 0.257. The minimum absolute atomic E-state index is 0.257. The minimum Gasteiger partial charge on any atom is -0.487 e. The van der Waals surface area contributed by atoms with Gasteiger partial charge in [-0.1, -0.05) is 60.7 Å². The number of hydrogen-bond donors (Lipinski definition) is 1. The van der Waals surface area contributed by atoms with Crippen molar-refractivity contribution in [2.24, 2.45) is 0 Å². The van der Waals surface area contributed by atoms with Crippen LogP contribution in [0.3, 0.4) is 0 Å². The second-order valence-electron chi connectivity index (χ2n) is 7.70. The number of fused-ring (bicyclic) bond motifs is 1. The van der Waals surface area contributed by atoms with Gasteiger partial charge in [-0.3, -0.25) is 9.10 Å². The van der Waals surface area contributed by atoms with Crippen LogP contribution in [0.25, 0.3) is 10.8 Å². The highest BCUT2D eigenvalue weighted by atomic mass is 32.2. The van der Waals surface area contributed by atoms with Gasteiger partial charge in [-0.05, 0) is 40.6 Å². The summed E-state index contributed by atoms with van der Waals surface area (Å²) in [7, 11) is -2.03. The van der Waals surface area contributed by atoms with Crippen LogP contribution >= 0.6 is 0 Å². The predicted molar refractivity (Wildman–Crippen MR) is 132 cm³/mol. The van der Waals surface area contributed by atoms with Crippen LogP contribution in [0.1, 0.15) is 15.9 Å². The molecule has 33 heavy (non-hydrogen) atoms. The number of nitrogens with one attached hydrogen (secondary N) is 1. The fourth-order valence-corrected chi connectivity index (χ4v) is 3.92. The van der Waals surface area contributed by atoms with Gasteiger partial charge in [0.2, 0.25) is 10.0 Å². The first-order valence-electron chi connectivity index (χ1n) is 10.4. The van der Waals surface area contributed by atoms with Crippen LogP contribution in [0.2, 0.25) is 0 Å². The highest BCUT2D eigenvalue weighted by Crippen LogP contribution is 2.33. The Morgan fingerprint density at radius 2 is 1.58 bits per heavy atom. The maximum atomic E-state index is 12.9. The lowest BCUT2D eigenvalue weighted by molar-refractivity contribution is 0.102. The van der Waals surface area contributed by atoms with Crippen molar-refractivity contribution in [3.8, 4) is 5.75 Å². The van der Waals surface area contributed by atoms with Gasteiger partial charge in [0.25, 0.3) is 5.91 Å². The molecular formula is C26H24N2O4S. The van der Waals surface area contributed by atoms with Crippen molar-refractivity contribution >= 4 is 38.1 Å². The van der Waals surface area contributed by atoms with Crippen LogP contribution < -0.4 is 14.4 Å². The van der Waals surface area contributed by atoms with Gasteiger partial charge in [0.1, 0.15) is 12.4 Å². The van der Waals surface area contributed by atoms with E-state index in [0.717, 1.165) is 26.9 Å². The van der Waals surface area contributed by atoms with E-state index in [0.29, 0.717) is 22.7 Å². The first-order chi connectivity index (χ1) is 15.8. The molecule has 0 radical (unpaired) electrons. The summed E-state index contributed by atoms with van der Waals surface area (Å²) in [4.78, 5) is 12.9. The van der Waals surface area contributed by atoms with E-state index < -0.39 is 10.0 Å². The maximum absolute atomic E-state index is 12.9. The Labute approximate surface area is 193 Å². The molecule has 0 spiro atoms. The molecule has 1 N–H and O–H groups in total. The number of benzene rings is 4. The van der Waals surface area contributed by atoms with E-state index in [1.165, 1.54) is 7.05 Å². The van der Waals surface area contributed by atoms with E-state index in [1.54, 1.807) is 24.3 Å². The summed E-state index contributed by atoms with van der Waals surface area (Å²) in [5, 5.41) is 4.91. The van der Waals surface area contributed by atoms with Gasteiger partial charge in [0.05, 0.1) is 11.9 Å². The zero-order chi connectivity index (χ0) is 23.4. The van der Waals surface area contributed by atoms with E-state index in [2.05, 4.69) is 5.32 Å². The topological polar surface area (TPSA) is 75.7 Å². The molecule has 0 heterocycles. The Morgan fingerprint density at radius 1 is 0.879 bits per heavy atom. The Balaban J connectivity index is 1.61. The molecular weight excluding hydrogens is 436 g/mol. The highest BCUT2D eigenvalue weighted by Gasteiger charge is 2.18. The maximum Gasteiger partial charge on any atom is 0.255 e. The molecule has 7 heteroatoms. The van der Waals surface area contributed by atoms with Gasteiger partial charge in [-0.25, -0.2) is 8.42 Å². The lowest BCUT2D eigenvalue weighted by atomic mass is 10.1. The van der Waals surface area contributed by atoms with Gasteiger partial charge in [0, 0.05) is 24.4 Å². The standard InChI is InChI=1S/C26H24N2O4S/c1-28(33(2,30)31)24-15-14-23(17-25(24)32-18-19-8-4-3-5-9-19)27-26(29)22-13-12-20-10-6-7-11-21(20)16-22/h3-17H,18H2,1-2H3,(H,27,29). The van der Waals surface area contributed by atoms with Crippen LogP contribution in [0.5, 0.6) is 5.75 Å². The Morgan fingerprint density at radius 3 is 2.30 bits per heavy atom. The van der Waals surface area contributed by atoms with Gasteiger partial charge in [0.15, 0.2) is 0 Å². The van der Waals surface area contributed by atoms with Gasteiger partial charge >= 0.3 is 0 Å². The van der Waals surface area contributed by atoms with Crippen molar-refractivity contribution in [3.63, 3.8) is 0 Å². The molecule has 168 valence electrons. The Bertz CT molecular complexity index is 1400. The van der Waals surface area contributed by atoms with Gasteiger partial charge in [-0.15, -0.1) is 0 Å². The van der Waals surface area contributed by atoms with E-state index in [1.807, 2.05) is 66.7 Å². The number of ether oxygens (including phenoxy) is 1. The van der Waals surface area contributed by atoms with Crippen LogP contribution in [0.4, 0.5) is 11.4 Å². The van der Waals surface area contributed by atoms with Crippen LogP contribution in [0, 0.1) is 0 Å². The molecule has 0 saturated carbocycles. The zero-order valence-electron chi connectivity index (χ0n) is 18.4. The number of carbonyl (C=O) groups is 1. The number of rotatable bonds is 7. The third kappa shape index (κ3) is 5.32. The highest BCUT2D eigenvalue weighted by molar-refractivity contribution is 7.92. The van der Waals surface area contributed by atoms with Crippen molar-refractivity contribution in [3.05, 3.63) is 102 Å². The van der Waals surface area contributed by atoms with E-state index >= 15 is 0 Å². The molecule has 6 nitrogen and oxygen atoms in total. The van der Waals surface area contributed by atoms with E-state index in [-0.39, 0.29) is 12.5 Å².